The molecule has 0 aliphatic carbocycles. The number of benzene rings is 2. The topological polar surface area (TPSA) is 24.7 Å². The van der Waals surface area contributed by atoms with Gasteiger partial charge in [-0.25, -0.2) is 4.39 Å². The molecule has 0 saturated heterocycles. The molecular weight excluding hydrogens is 263 g/mol. The van der Waals surface area contributed by atoms with E-state index in [4.69, 9.17) is 11.6 Å². The van der Waals surface area contributed by atoms with Crippen LogP contribution in [-0.2, 0) is 0 Å². The molecule has 2 aromatic rings. The number of halogens is 2. The van der Waals surface area contributed by atoms with Crippen molar-refractivity contribution in [2.24, 2.45) is 10.2 Å². The third-order valence-corrected chi connectivity index (χ3v) is 2.81. The number of nitrogens with zero attached hydrogens (tertiary/aromatic N) is 2. The standard InChI is InChI=1S/C15H12ClFN2/c1-11-2-4-12(5-3-11)9-18-19-10-13-6-7-14(16)15(17)8-13/h2-10H,1H3. The first-order valence-corrected chi connectivity index (χ1v) is 6.11. The van der Waals surface area contributed by atoms with Gasteiger partial charge in [0.15, 0.2) is 0 Å². The first-order chi connectivity index (χ1) is 9.15. The Morgan fingerprint density at radius 1 is 0.947 bits per heavy atom. The Labute approximate surface area is 116 Å². The van der Waals surface area contributed by atoms with Crippen LogP contribution in [0.4, 0.5) is 4.39 Å². The lowest BCUT2D eigenvalue weighted by Gasteiger charge is -1.95. The molecule has 0 atom stereocenters. The Hall–Kier alpha value is -2.00. The average Bonchev–Trinajstić information content (AvgIpc) is 2.41. The molecular formula is C15H12ClFN2. The summed E-state index contributed by atoms with van der Waals surface area (Å²) in [5.41, 5.74) is 2.77. The van der Waals surface area contributed by atoms with Gasteiger partial charge in [0.25, 0.3) is 0 Å². The van der Waals surface area contributed by atoms with E-state index < -0.39 is 5.82 Å². The molecule has 0 unspecified atom stereocenters. The number of hydrogen-bond acceptors (Lipinski definition) is 2. The van der Waals surface area contributed by atoms with Crippen molar-refractivity contribution in [1.82, 2.24) is 0 Å². The van der Waals surface area contributed by atoms with Crippen molar-refractivity contribution in [3.8, 4) is 0 Å². The van der Waals surface area contributed by atoms with Gasteiger partial charge in [-0.05, 0) is 30.2 Å². The van der Waals surface area contributed by atoms with Crippen LogP contribution in [-0.4, -0.2) is 12.4 Å². The Bertz CT molecular complexity index is 619. The smallest absolute Gasteiger partial charge is 0.142 e. The van der Waals surface area contributed by atoms with E-state index in [9.17, 15) is 4.39 Å². The first kappa shape index (κ1) is 13.4. The highest BCUT2D eigenvalue weighted by Crippen LogP contribution is 2.14. The van der Waals surface area contributed by atoms with Crippen LogP contribution >= 0.6 is 11.6 Å². The SMILES string of the molecule is Cc1ccc(C=NN=Cc2ccc(Cl)c(F)c2)cc1. The minimum absolute atomic E-state index is 0.0975. The van der Waals surface area contributed by atoms with E-state index >= 15 is 0 Å². The fourth-order valence-electron chi connectivity index (χ4n) is 1.45. The lowest BCUT2D eigenvalue weighted by Crippen LogP contribution is -1.84. The fourth-order valence-corrected chi connectivity index (χ4v) is 1.56. The minimum atomic E-state index is -0.465. The molecule has 2 rings (SSSR count). The normalized spacial score (nSPS) is 11.5. The fraction of sp³-hybridized carbons (Fsp3) is 0.0667. The van der Waals surface area contributed by atoms with Gasteiger partial charge in [-0.2, -0.15) is 10.2 Å². The van der Waals surface area contributed by atoms with E-state index in [1.165, 1.54) is 23.9 Å². The summed E-state index contributed by atoms with van der Waals surface area (Å²) >= 11 is 5.59. The molecule has 0 aliphatic rings. The molecule has 0 fully saturated rings. The quantitative estimate of drug-likeness (QED) is 0.591. The van der Waals surface area contributed by atoms with Crippen molar-refractivity contribution in [1.29, 1.82) is 0 Å². The Morgan fingerprint density at radius 2 is 1.53 bits per heavy atom. The van der Waals surface area contributed by atoms with Crippen LogP contribution < -0.4 is 0 Å². The maximum absolute atomic E-state index is 13.2. The third-order valence-electron chi connectivity index (χ3n) is 2.50. The third kappa shape index (κ3) is 4.00. The van der Waals surface area contributed by atoms with Gasteiger partial charge in [-0.1, -0.05) is 47.5 Å². The molecule has 0 spiro atoms. The van der Waals surface area contributed by atoms with Gasteiger partial charge < -0.3 is 0 Å². The van der Waals surface area contributed by atoms with Gasteiger partial charge in [0.1, 0.15) is 5.82 Å². The van der Waals surface area contributed by atoms with E-state index in [2.05, 4.69) is 10.2 Å². The summed E-state index contributed by atoms with van der Waals surface area (Å²) in [6.45, 7) is 2.02. The molecule has 2 aromatic carbocycles. The van der Waals surface area contributed by atoms with E-state index in [1.54, 1.807) is 12.3 Å². The van der Waals surface area contributed by atoms with Crippen LogP contribution in [0.2, 0.25) is 5.02 Å². The molecule has 2 nitrogen and oxygen atoms in total. The van der Waals surface area contributed by atoms with Crippen LogP contribution in [0.1, 0.15) is 16.7 Å². The molecule has 0 radical (unpaired) electrons. The highest BCUT2D eigenvalue weighted by molar-refractivity contribution is 6.30. The first-order valence-electron chi connectivity index (χ1n) is 5.73. The van der Waals surface area contributed by atoms with Gasteiger partial charge in [-0.3, -0.25) is 0 Å². The second-order valence-corrected chi connectivity index (χ2v) is 4.48. The predicted molar refractivity (Wildman–Crippen MR) is 77.8 cm³/mol. The minimum Gasteiger partial charge on any atom is -0.205 e. The van der Waals surface area contributed by atoms with Crippen molar-refractivity contribution >= 4 is 24.0 Å². The van der Waals surface area contributed by atoms with Gasteiger partial charge in [-0.15, -0.1) is 0 Å². The van der Waals surface area contributed by atoms with Crippen molar-refractivity contribution in [2.45, 2.75) is 6.92 Å². The number of rotatable bonds is 3. The van der Waals surface area contributed by atoms with Crippen LogP contribution in [0, 0.1) is 12.7 Å². The zero-order valence-electron chi connectivity index (χ0n) is 10.3. The Morgan fingerprint density at radius 3 is 2.16 bits per heavy atom. The van der Waals surface area contributed by atoms with E-state index in [0.717, 1.165) is 5.56 Å². The summed E-state index contributed by atoms with van der Waals surface area (Å²) in [5, 5.41) is 7.87. The Kier molecular flexibility index (Phi) is 4.42. The lowest BCUT2D eigenvalue weighted by molar-refractivity contribution is 0.628. The van der Waals surface area contributed by atoms with E-state index in [-0.39, 0.29) is 5.02 Å². The Balaban J connectivity index is 2.03. The van der Waals surface area contributed by atoms with Crippen molar-refractivity contribution in [3.63, 3.8) is 0 Å². The van der Waals surface area contributed by atoms with Gasteiger partial charge in [0.05, 0.1) is 17.5 Å². The van der Waals surface area contributed by atoms with Crippen LogP contribution in [0.5, 0.6) is 0 Å². The summed E-state index contributed by atoms with van der Waals surface area (Å²) in [4.78, 5) is 0. The maximum atomic E-state index is 13.2. The molecule has 96 valence electrons. The zero-order valence-corrected chi connectivity index (χ0v) is 11.1. The van der Waals surface area contributed by atoms with Crippen LogP contribution in [0.15, 0.2) is 52.7 Å². The molecule has 19 heavy (non-hydrogen) atoms. The molecule has 0 saturated carbocycles. The maximum Gasteiger partial charge on any atom is 0.142 e. The summed E-state index contributed by atoms with van der Waals surface area (Å²) in [7, 11) is 0. The monoisotopic (exact) mass is 274 g/mol. The molecule has 4 heteroatoms. The van der Waals surface area contributed by atoms with Crippen molar-refractivity contribution in [2.75, 3.05) is 0 Å². The van der Waals surface area contributed by atoms with Gasteiger partial charge >= 0.3 is 0 Å². The van der Waals surface area contributed by atoms with Crippen LogP contribution in [0.3, 0.4) is 0 Å². The molecule has 0 aliphatic heterocycles. The lowest BCUT2D eigenvalue weighted by atomic mass is 10.2. The number of hydrogen-bond donors (Lipinski definition) is 0. The van der Waals surface area contributed by atoms with Gasteiger partial charge in [0, 0.05) is 0 Å². The highest BCUT2D eigenvalue weighted by Gasteiger charge is 1.98. The summed E-state index contributed by atoms with van der Waals surface area (Å²) < 4.78 is 13.2. The van der Waals surface area contributed by atoms with Gasteiger partial charge in [0.2, 0.25) is 0 Å². The predicted octanol–water partition coefficient (Wildman–Crippen LogP) is 4.24. The average molecular weight is 275 g/mol. The largest absolute Gasteiger partial charge is 0.205 e. The van der Waals surface area contributed by atoms with Crippen LogP contribution in [0.25, 0.3) is 0 Å². The number of aryl methyl sites for hydroxylation is 1. The summed E-state index contributed by atoms with van der Waals surface area (Å²) in [5.74, 6) is -0.465. The summed E-state index contributed by atoms with van der Waals surface area (Å²) in [6, 6.07) is 12.4. The second-order valence-electron chi connectivity index (χ2n) is 4.07. The van der Waals surface area contributed by atoms with E-state index in [1.807, 2.05) is 31.2 Å². The molecule has 0 aromatic heterocycles. The van der Waals surface area contributed by atoms with E-state index in [0.29, 0.717) is 5.56 Å². The molecule has 0 bridgehead atoms. The molecule has 0 N–H and O–H groups in total. The second kappa shape index (κ2) is 6.25. The summed E-state index contributed by atoms with van der Waals surface area (Å²) in [6.07, 6.45) is 3.12. The molecule has 0 amide bonds. The highest BCUT2D eigenvalue weighted by atomic mass is 35.5. The van der Waals surface area contributed by atoms with Crippen molar-refractivity contribution in [3.05, 3.63) is 70.0 Å². The zero-order chi connectivity index (χ0) is 13.7. The van der Waals surface area contributed by atoms with Crippen molar-refractivity contribution < 1.29 is 4.39 Å². The molecule has 0 heterocycles.